The van der Waals surface area contributed by atoms with E-state index in [1.54, 1.807) is 12.1 Å². The molecule has 0 saturated heterocycles. The summed E-state index contributed by atoms with van der Waals surface area (Å²) < 4.78 is 0. The molecule has 0 aliphatic heterocycles. The van der Waals surface area contributed by atoms with Gasteiger partial charge in [-0.1, -0.05) is 32.4 Å². The molecule has 1 aromatic carbocycles. The van der Waals surface area contributed by atoms with E-state index in [9.17, 15) is 24.3 Å². The minimum Gasteiger partial charge on any atom is -0.508 e. The van der Waals surface area contributed by atoms with E-state index in [0.29, 0.717) is 12.0 Å². The van der Waals surface area contributed by atoms with Crippen LogP contribution in [0, 0.1) is 5.92 Å². The maximum absolute atomic E-state index is 12.8. The van der Waals surface area contributed by atoms with Crippen LogP contribution in [0.25, 0.3) is 0 Å². The van der Waals surface area contributed by atoms with Crippen LogP contribution in [0.4, 0.5) is 0 Å². The van der Waals surface area contributed by atoms with E-state index < -0.39 is 47.9 Å². The number of nitrogens with two attached hydrogens (primary N) is 1. The van der Waals surface area contributed by atoms with Gasteiger partial charge in [0.05, 0.1) is 6.04 Å². The normalized spacial score (nSPS) is 15.5. The zero-order chi connectivity index (χ0) is 24.4. The number of benzene rings is 1. The van der Waals surface area contributed by atoms with E-state index in [0.717, 1.165) is 0 Å². The number of rotatable bonds is 12. The van der Waals surface area contributed by atoms with Gasteiger partial charge in [-0.05, 0) is 30.5 Å². The molecule has 0 fully saturated rings. The molecule has 0 bridgehead atoms. The van der Waals surface area contributed by atoms with Gasteiger partial charge in [-0.3, -0.25) is 19.2 Å². The standard InChI is InChI=1S/C21H32N4O6S/c1-4-11(2)17(22)20(29)25-16(10-32)19(28)24-15(18(27)23-12(3)21(30)31)9-13-5-7-14(26)8-6-13/h5-8,11-12,15-17,26,32H,4,9-10,22H2,1-3H3,(H,23,27)(H,24,28)(H,25,29)(H,30,31). The molecule has 0 heterocycles. The summed E-state index contributed by atoms with van der Waals surface area (Å²) in [4.78, 5) is 48.9. The van der Waals surface area contributed by atoms with Gasteiger partial charge >= 0.3 is 5.97 Å². The van der Waals surface area contributed by atoms with E-state index in [2.05, 4.69) is 28.6 Å². The van der Waals surface area contributed by atoms with Crippen LogP contribution in [0.3, 0.4) is 0 Å². The molecule has 0 spiro atoms. The molecule has 178 valence electrons. The number of hydrogen-bond acceptors (Lipinski definition) is 7. The first-order valence-corrected chi connectivity index (χ1v) is 10.9. The third kappa shape index (κ3) is 8.39. The SMILES string of the molecule is CCC(C)C(N)C(=O)NC(CS)C(=O)NC(Cc1ccc(O)cc1)C(=O)NC(C)C(=O)O. The smallest absolute Gasteiger partial charge is 0.325 e. The van der Waals surface area contributed by atoms with Gasteiger partial charge in [0, 0.05) is 12.2 Å². The molecule has 0 aliphatic rings. The van der Waals surface area contributed by atoms with Crippen molar-refractivity contribution in [1.29, 1.82) is 0 Å². The lowest BCUT2D eigenvalue weighted by molar-refractivity contribution is -0.141. The van der Waals surface area contributed by atoms with Crippen molar-refractivity contribution in [2.24, 2.45) is 11.7 Å². The molecule has 3 amide bonds. The fourth-order valence-corrected chi connectivity index (χ4v) is 2.96. The van der Waals surface area contributed by atoms with Gasteiger partial charge in [0.1, 0.15) is 23.9 Å². The van der Waals surface area contributed by atoms with E-state index >= 15 is 0 Å². The minimum atomic E-state index is -1.23. The van der Waals surface area contributed by atoms with E-state index in [4.69, 9.17) is 10.8 Å². The average molecular weight is 469 g/mol. The maximum atomic E-state index is 12.8. The molecule has 0 radical (unpaired) electrons. The number of thiol groups is 1. The average Bonchev–Trinajstić information content (AvgIpc) is 2.76. The monoisotopic (exact) mass is 468 g/mol. The van der Waals surface area contributed by atoms with Crippen LogP contribution in [0.15, 0.2) is 24.3 Å². The zero-order valence-electron chi connectivity index (χ0n) is 18.4. The quantitative estimate of drug-likeness (QED) is 0.208. The number of carboxylic acids is 1. The lowest BCUT2D eigenvalue weighted by atomic mass is 9.99. The van der Waals surface area contributed by atoms with Gasteiger partial charge < -0.3 is 31.9 Å². The Labute approximate surface area is 192 Å². The number of amides is 3. The Bertz CT molecular complexity index is 804. The number of nitrogens with one attached hydrogen (secondary N) is 3. The molecular formula is C21H32N4O6S. The Morgan fingerprint density at radius 3 is 2.00 bits per heavy atom. The maximum Gasteiger partial charge on any atom is 0.325 e. The van der Waals surface area contributed by atoms with Crippen LogP contribution in [0.5, 0.6) is 5.75 Å². The van der Waals surface area contributed by atoms with Crippen molar-refractivity contribution < 1.29 is 29.4 Å². The van der Waals surface area contributed by atoms with Gasteiger partial charge in [-0.15, -0.1) is 0 Å². The second-order valence-electron chi connectivity index (χ2n) is 7.66. The number of carboxylic acid groups (broad SMARTS) is 1. The predicted molar refractivity (Wildman–Crippen MR) is 122 cm³/mol. The predicted octanol–water partition coefficient (Wildman–Crippen LogP) is -0.203. The lowest BCUT2D eigenvalue weighted by Gasteiger charge is -2.25. The van der Waals surface area contributed by atoms with Crippen LogP contribution in [-0.2, 0) is 25.6 Å². The molecule has 5 unspecified atom stereocenters. The van der Waals surface area contributed by atoms with Crippen molar-refractivity contribution >= 4 is 36.3 Å². The summed E-state index contributed by atoms with van der Waals surface area (Å²) >= 11 is 4.12. The summed E-state index contributed by atoms with van der Waals surface area (Å²) in [6, 6.07) is 1.86. The number of aromatic hydroxyl groups is 1. The lowest BCUT2D eigenvalue weighted by Crippen LogP contribution is -2.58. The van der Waals surface area contributed by atoms with Crippen LogP contribution < -0.4 is 21.7 Å². The summed E-state index contributed by atoms with van der Waals surface area (Å²) in [5, 5.41) is 25.9. The second-order valence-corrected chi connectivity index (χ2v) is 8.02. The topological polar surface area (TPSA) is 171 Å². The van der Waals surface area contributed by atoms with E-state index in [1.165, 1.54) is 19.1 Å². The Balaban J connectivity index is 2.98. The van der Waals surface area contributed by atoms with Crippen molar-refractivity contribution in [2.45, 2.75) is 57.8 Å². The fourth-order valence-electron chi connectivity index (χ4n) is 2.70. The highest BCUT2D eigenvalue weighted by molar-refractivity contribution is 7.80. The molecular weight excluding hydrogens is 436 g/mol. The van der Waals surface area contributed by atoms with Gasteiger partial charge in [0.15, 0.2) is 0 Å². The van der Waals surface area contributed by atoms with Crippen LogP contribution >= 0.6 is 12.6 Å². The van der Waals surface area contributed by atoms with Crippen LogP contribution in [0.1, 0.15) is 32.8 Å². The summed E-state index contributed by atoms with van der Waals surface area (Å²) in [5.74, 6) is -3.20. The fraction of sp³-hybridized carbons (Fsp3) is 0.524. The first-order valence-electron chi connectivity index (χ1n) is 10.3. The van der Waals surface area contributed by atoms with E-state index in [-0.39, 0.29) is 23.8 Å². The largest absolute Gasteiger partial charge is 0.508 e. The first-order chi connectivity index (χ1) is 15.0. The van der Waals surface area contributed by atoms with Crippen LogP contribution in [-0.4, -0.2) is 63.8 Å². The summed E-state index contributed by atoms with van der Waals surface area (Å²) in [6.07, 6.45) is 0.715. The Hall–Kier alpha value is -2.79. The first kappa shape index (κ1) is 27.2. The van der Waals surface area contributed by atoms with Gasteiger partial charge in [0.2, 0.25) is 17.7 Å². The van der Waals surface area contributed by atoms with Gasteiger partial charge in [0.25, 0.3) is 0 Å². The van der Waals surface area contributed by atoms with Gasteiger partial charge in [-0.25, -0.2) is 0 Å². The summed E-state index contributed by atoms with van der Waals surface area (Å²) in [5.41, 5.74) is 6.53. The second kappa shape index (κ2) is 12.9. The highest BCUT2D eigenvalue weighted by Gasteiger charge is 2.29. The Morgan fingerprint density at radius 2 is 1.50 bits per heavy atom. The highest BCUT2D eigenvalue weighted by Crippen LogP contribution is 2.12. The molecule has 0 aliphatic carbocycles. The minimum absolute atomic E-state index is 0.0316. The molecule has 10 nitrogen and oxygen atoms in total. The zero-order valence-corrected chi connectivity index (χ0v) is 19.3. The number of carbonyl (C=O) groups excluding carboxylic acids is 3. The number of aliphatic carboxylic acids is 1. The number of carbonyl (C=O) groups is 4. The van der Waals surface area contributed by atoms with Crippen molar-refractivity contribution in [2.75, 3.05) is 5.75 Å². The molecule has 1 rings (SSSR count). The van der Waals surface area contributed by atoms with E-state index in [1.807, 2.05) is 13.8 Å². The van der Waals surface area contributed by atoms with Crippen LogP contribution in [0.2, 0.25) is 0 Å². The van der Waals surface area contributed by atoms with Crippen molar-refractivity contribution in [1.82, 2.24) is 16.0 Å². The molecule has 11 heteroatoms. The summed E-state index contributed by atoms with van der Waals surface area (Å²) in [6.45, 7) is 5.01. The third-order valence-electron chi connectivity index (χ3n) is 5.11. The molecule has 32 heavy (non-hydrogen) atoms. The number of hydrogen-bond donors (Lipinski definition) is 7. The molecule has 0 saturated carbocycles. The molecule has 1 aromatic rings. The highest BCUT2D eigenvalue weighted by atomic mass is 32.1. The number of phenolic OH excluding ortho intramolecular Hbond substituents is 1. The Kier molecular flexibility index (Phi) is 11.0. The third-order valence-corrected chi connectivity index (χ3v) is 5.48. The number of phenols is 1. The Morgan fingerprint density at radius 1 is 0.969 bits per heavy atom. The molecule has 7 N–H and O–H groups in total. The van der Waals surface area contributed by atoms with Crippen molar-refractivity contribution in [3.8, 4) is 5.75 Å². The van der Waals surface area contributed by atoms with Gasteiger partial charge in [-0.2, -0.15) is 12.6 Å². The summed E-state index contributed by atoms with van der Waals surface area (Å²) in [7, 11) is 0. The molecule has 0 aromatic heterocycles. The molecule has 5 atom stereocenters. The van der Waals surface area contributed by atoms with Crippen molar-refractivity contribution in [3.05, 3.63) is 29.8 Å². The van der Waals surface area contributed by atoms with Crippen molar-refractivity contribution in [3.63, 3.8) is 0 Å².